The molecule has 0 amide bonds. The van der Waals surface area contributed by atoms with Crippen molar-refractivity contribution >= 4 is 33.3 Å². The van der Waals surface area contributed by atoms with Gasteiger partial charge in [-0.15, -0.1) is 5.10 Å². The quantitative estimate of drug-likeness (QED) is 0.222. The molecule has 0 saturated heterocycles. The fourth-order valence-corrected chi connectivity index (χ4v) is 4.36. The van der Waals surface area contributed by atoms with Gasteiger partial charge in [0.15, 0.2) is 6.20 Å². The van der Waals surface area contributed by atoms with Gasteiger partial charge in [0.2, 0.25) is 5.75 Å². The van der Waals surface area contributed by atoms with E-state index in [1.807, 2.05) is 18.5 Å². The number of hydrogen-bond acceptors (Lipinski definition) is 8. The normalized spacial score (nSPS) is 12.0. The Kier molecular flexibility index (Phi) is 6.75. The van der Waals surface area contributed by atoms with Gasteiger partial charge in [0.1, 0.15) is 11.9 Å². The van der Waals surface area contributed by atoms with Crippen LogP contribution in [0.1, 0.15) is 36.8 Å². The molecule has 3 heterocycles. The molecule has 170 valence electrons. The molecular weight excluding hydrogens is 515 g/mol. The van der Waals surface area contributed by atoms with Crippen LogP contribution in [-0.4, -0.2) is 29.3 Å². The smallest absolute Gasteiger partial charge is 0.406 e. The minimum absolute atomic E-state index is 0.0215. The second kappa shape index (κ2) is 9.71. The zero-order chi connectivity index (χ0) is 23.5. The first-order valence-corrected chi connectivity index (χ1v) is 11.6. The standard InChI is InChI=1S/C21H18BrFN6O3S/c1-3-28-10-16(25-27-28)6-13-11-33-26-20(13)17-5-4-15(23)8-18(17)12(2)32-19-7-14(22)9-24-21(19)29(30)31/h4-5,7-12H,3,6H2,1-2H3. The van der Waals surface area contributed by atoms with Gasteiger partial charge in [-0.3, -0.25) is 4.68 Å². The van der Waals surface area contributed by atoms with E-state index in [0.29, 0.717) is 27.7 Å². The van der Waals surface area contributed by atoms with E-state index in [4.69, 9.17) is 4.74 Å². The molecule has 4 aromatic rings. The maximum atomic E-state index is 14.2. The van der Waals surface area contributed by atoms with Crippen molar-refractivity contribution in [2.75, 3.05) is 0 Å². The summed E-state index contributed by atoms with van der Waals surface area (Å²) in [6.07, 6.45) is 2.98. The maximum Gasteiger partial charge on any atom is 0.406 e. The summed E-state index contributed by atoms with van der Waals surface area (Å²) in [7, 11) is 0. The Morgan fingerprint density at radius 3 is 2.91 bits per heavy atom. The summed E-state index contributed by atoms with van der Waals surface area (Å²) >= 11 is 4.54. The number of nitrogens with zero attached hydrogens (tertiary/aromatic N) is 6. The minimum atomic E-state index is -0.721. The molecule has 1 aromatic carbocycles. The topological polar surface area (TPSA) is 109 Å². The van der Waals surface area contributed by atoms with Crippen LogP contribution in [0, 0.1) is 15.9 Å². The lowest BCUT2D eigenvalue weighted by molar-refractivity contribution is -0.390. The van der Waals surface area contributed by atoms with Crippen LogP contribution >= 0.6 is 27.5 Å². The van der Waals surface area contributed by atoms with Gasteiger partial charge in [-0.25, -0.2) is 4.39 Å². The van der Waals surface area contributed by atoms with Crippen LogP contribution < -0.4 is 4.74 Å². The Bertz CT molecular complexity index is 1310. The second-order valence-electron chi connectivity index (χ2n) is 7.15. The lowest BCUT2D eigenvalue weighted by atomic mass is 9.97. The fourth-order valence-electron chi connectivity index (χ4n) is 3.35. The molecule has 4 rings (SSSR count). The Balaban J connectivity index is 1.69. The summed E-state index contributed by atoms with van der Waals surface area (Å²) in [6, 6.07) is 5.81. The first kappa shape index (κ1) is 22.9. The van der Waals surface area contributed by atoms with Crippen LogP contribution in [0.4, 0.5) is 10.2 Å². The van der Waals surface area contributed by atoms with Gasteiger partial charge in [-0.05, 0) is 75.0 Å². The van der Waals surface area contributed by atoms with E-state index >= 15 is 0 Å². The largest absolute Gasteiger partial charge is 0.478 e. The fraction of sp³-hybridized carbons (Fsp3) is 0.238. The number of pyridine rings is 1. The van der Waals surface area contributed by atoms with Crippen LogP contribution in [-0.2, 0) is 13.0 Å². The predicted molar refractivity (Wildman–Crippen MR) is 124 cm³/mol. The maximum absolute atomic E-state index is 14.2. The molecule has 33 heavy (non-hydrogen) atoms. The predicted octanol–water partition coefficient (Wildman–Crippen LogP) is 5.36. The van der Waals surface area contributed by atoms with Crippen LogP contribution in [0.3, 0.4) is 0 Å². The number of aryl methyl sites for hydroxylation is 1. The summed E-state index contributed by atoms with van der Waals surface area (Å²) in [5.41, 5.74) is 3.57. The average Bonchev–Trinajstić information content (AvgIpc) is 3.43. The van der Waals surface area contributed by atoms with Crippen molar-refractivity contribution in [2.24, 2.45) is 0 Å². The van der Waals surface area contributed by atoms with Crippen molar-refractivity contribution < 1.29 is 14.1 Å². The minimum Gasteiger partial charge on any atom is -0.478 e. The Labute approximate surface area is 200 Å². The molecule has 3 aromatic heterocycles. The van der Waals surface area contributed by atoms with Gasteiger partial charge in [-0.1, -0.05) is 5.21 Å². The van der Waals surface area contributed by atoms with E-state index in [1.54, 1.807) is 17.7 Å². The molecule has 0 radical (unpaired) electrons. The van der Waals surface area contributed by atoms with Gasteiger partial charge in [0.25, 0.3) is 0 Å². The molecule has 12 heteroatoms. The average molecular weight is 533 g/mol. The highest BCUT2D eigenvalue weighted by Gasteiger charge is 2.24. The Morgan fingerprint density at radius 2 is 2.18 bits per heavy atom. The summed E-state index contributed by atoms with van der Waals surface area (Å²) in [5, 5.41) is 21.5. The highest BCUT2D eigenvalue weighted by atomic mass is 79.9. The van der Waals surface area contributed by atoms with Crippen molar-refractivity contribution in [3.05, 3.63) is 79.3 Å². The molecule has 0 bridgehead atoms. The van der Waals surface area contributed by atoms with E-state index < -0.39 is 22.7 Å². The number of rotatable bonds is 8. The first-order chi connectivity index (χ1) is 15.9. The lowest BCUT2D eigenvalue weighted by Gasteiger charge is -2.18. The number of nitro groups is 1. The Morgan fingerprint density at radius 1 is 1.36 bits per heavy atom. The summed E-state index contributed by atoms with van der Waals surface area (Å²) in [4.78, 5) is 14.6. The van der Waals surface area contributed by atoms with Gasteiger partial charge < -0.3 is 14.9 Å². The van der Waals surface area contributed by atoms with Crippen molar-refractivity contribution in [2.45, 2.75) is 32.9 Å². The lowest BCUT2D eigenvalue weighted by Crippen LogP contribution is -2.08. The molecule has 0 saturated carbocycles. The third-order valence-electron chi connectivity index (χ3n) is 4.91. The molecule has 0 aliphatic carbocycles. The molecule has 0 fully saturated rings. The van der Waals surface area contributed by atoms with Crippen molar-refractivity contribution in [3.8, 4) is 17.0 Å². The third kappa shape index (κ3) is 5.06. The number of halogens is 2. The van der Waals surface area contributed by atoms with Crippen LogP contribution in [0.2, 0.25) is 0 Å². The van der Waals surface area contributed by atoms with Gasteiger partial charge in [-0.2, -0.15) is 4.37 Å². The number of benzene rings is 1. The summed E-state index contributed by atoms with van der Waals surface area (Å²) < 4.78 is 26.9. The Hall–Kier alpha value is -3.25. The SMILES string of the molecule is CCn1cc(Cc2csnc2-c2ccc(F)cc2C(C)Oc2cc(Br)cnc2[N+](=O)[O-])nn1. The summed E-state index contributed by atoms with van der Waals surface area (Å²) in [6.45, 7) is 4.39. The zero-order valence-corrected chi connectivity index (χ0v) is 20.0. The van der Waals surface area contributed by atoms with E-state index in [1.165, 1.54) is 35.9 Å². The van der Waals surface area contributed by atoms with Gasteiger partial charge in [0.05, 0.1) is 15.9 Å². The highest BCUT2D eigenvalue weighted by Crippen LogP contribution is 2.36. The van der Waals surface area contributed by atoms with E-state index in [-0.39, 0.29) is 5.75 Å². The zero-order valence-electron chi connectivity index (χ0n) is 17.6. The summed E-state index contributed by atoms with van der Waals surface area (Å²) in [5.74, 6) is -0.892. The number of hydrogen-bond donors (Lipinski definition) is 0. The molecule has 0 aliphatic rings. The highest BCUT2D eigenvalue weighted by molar-refractivity contribution is 9.10. The van der Waals surface area contributed by atoms with Crippen LogP contribution in [0.5, 0.6) is 5.75 Å². The molecule has 1 unspecified atom stereocenters. The van der Waals surface area contributed by atoms with Crippen molar-refractivity contribution in [1.82, 2.24) is 24.4 Å². The molecular formula is C21H18BrFN6O3S. The molecule has 0 spiro atoms. The molecule has 9 nitrogen and oxygen atoms in total. The molecule has 0 N–H and O–H groups in total. The second-order valence-corrected chi connectivity index (χ2v) is 8.70. The van der Waals surface area contributed by atoms with Gasteiger partial charge in [0, 0.05) is 41.7 Å². The number of ether oxygens (including phenoxy) is 1. The van der Waals surface area contributed by atoms with Crippen LogP contribution in [0.15, 0.2) is 46.5 Å². The molecule has 1 atom stereocenters. The molecule has 0 aliphatic heterocycles. The van der Waals surface area contributed by atoms with E-state index in [9.17, 15) is 14.5 Å². The van der Waals surface area contributed by atoms with Gasteiger partial charge >= 0.3 is 5.82 Å². The van der Waals surface area contributed by atoms with E-state index in [2.05, 4.69) is 35.6 Å². The number of aromatic nitrogens is 5. The first-order valence-electron chi connectivity index (χ1n) is 9.94. The van der Waals surface area contributed by atoms with Crippen molar-refractivity contribution in [3.63, 3.8) is 0 Å². The monoisotopic (exact) mass is 532 g/mol. The third-order valence-corrected chi connectivity index (χ3v) is 6.02. The van der Waals surface area contributed by atoms with Crippen molar-refractivity contribution in [1.29, 1.82) is 0 Å². The van der Waals surface area contributed by atoms with E-state index in [0.717, 1.165) is 17.8 Å². The van der Waals surface area contributed by atoms with Crippen LogP contribution in [0.25, 0.3) is 11.3 Å².